The highest BCUT2D eigenvalue weighted by atomic mass is 35.5. The molecule has 80 valence electrons. The van der Waals surface area contributed by atoms with Crippen LogP contribution < -0.4 is 4.90 Å². The Kier molecular flexibility index (Phi) is 2.80. The predicted octanol–water partition coefficient (Wildman–Crippen LogP) is 2.08. The van der Waals surface area contributed by atoms with Gasteiger partial charge in [-0.05, 0) is 12.1 Å². The summed E-state index contributed by atoms with van der Waals surface area (Å²) >= 11 is 10.2. The van der Waals surface area contributed by atoms with Gasteiger partial charge in [-0.25, -0.2) is 0 Å². The van der Waals surface area contributed by atoms with E-state index in [0.717, 1.165) is 0 Å². The topological polar surface area (TPSA) is 40.5 Å². The molecule has 1 aliphatic heterocycles. The fraction of sp³-hybridized carbons (Fsp3) is 0.300. The maximum Gasteiger partial charge on any atom is 0.228 e. The highest BCUT2D eigenvalue weighted by molar-refractivity contribution is 7.81. The summed E-state index contributed by atoms with van der Waals surface area (Å²) in [6.07, 6.45) is 0.412. The standard InChI is InChI=1S/C10H10ClNO2S/c11-8-2-1-6(13)3-9(8)12-5-7(15)4-10(12)14/h1-3,7,13,15H,4-5H2. The molecule has 2 rings (SSSR count). The molecular formula is C10H10ClNO2S. The lowest BCUT2D eigenvalue weighted by Gasteiger charge is -2.17. The lowest BCUT2D eigenvalue weighted by atomic mass is 10.3. The van der Waals surface area contributed by atoms with Crippen LogP contribution in [-0.2, 0) is 4.79 Å². The molecule has 1 amide bonds. The van der Waals surface area contributed by atoms with Crippen LogP contribution in [0.15, 0.2) is 18.2 Å². The van der Waals surface area contributed by atoms with Crippen molar-refractivity contribution < 1.29 is 9.90 Å². The minimum Gasteiger partial charge on any atom is -0.508 e. The first-order valence-electron chi connectivity index (χ1n) is 4.55. The maximum absolute atomic E-state index is 11.6. The zero-order chi connectivity index (χ0) is 11.0. The fourth-order valence-electron chi connectivity index (χ4n) is 1.63. The minimum absolute atomic E-state index is 0.0116. The Balaban J connectivity index is 2.37. The molecule has 1 saturated heterocycles. The summed E-state index contributed by atoms with van der Waals surface area (Å²) < 4.78 is 0. The highest BCUT2D eigenvalue weighted by Crippen LogP contribution is 2.33. The first-order valence-corrected chi connectivity index (χ1v) is 5.44. The fourth-order valence-corrected chi connectivity index (χ4v) is 2.17. The number of hydrogen-bond acceptors (Lipinski definition) is 3. The Hall–Kier alpha value is -0.870. The first-order chi connectivity index (χ1) is 7.08. The summed E-state index contributed by atoms with van der Waals surface area (Å²) in [6, 6.07) is 4.56. The molecule has 0 aromatic heterocycles. The Labute approximate surface area is 98.1 Å². The molecule has 1 aliphatic rings. The molecule has 15 heavy (non-hydrogen) atoms. The molecule has 1 aromatic rings. The molecule has 1 N–H and O–H groups in total. The van der Waals surface area contributed by atoms with Gasteiger partial charge in [0.25, 0.3) is 0 Å². The van der Waals surface area contributed by atoms with Crippen LogP contribution in [-0.4, -0.2) is 22.8 Å². The van der Waals surface area contributed by atoms with Crippen LogP contribution in [0.2, 0.25) is 5.02 Å². The SMILES string of the molecule is O=C1CC(S)CN1c1cc(O)ccc1Cl. The molecule has 1 aromatic carbocycles. The smallest absolute Gasteiger partial charge is 0.228 e. The van der Waals surface area contributed by atoms with Gasteiger partial charge in [-0.2, -0.15) is 12.6 Å². The second-order valence-corrected chi connectivity index (χ2v) is 4.64. The largest absolute Gasteiger partial charge is 0.508 e. The van der Waals surface area contributed by atoms with E-state index in [1.165, 1.54) is 12.1 Å². The molecule has 0 spiro atoms. The van der Waals surface area contributed by atoms with E-state index >= 15 is 0 Å². The number of carbonyl (C=O) groups excluding carboxylic acids is 1. The number of rotatable bonds is 1. The van der Waals surface area contributed by atoms with Crippen molar-refractivity contribution in [1.29, 1.82) is 0 Å². The molecule has 0 bridgehead atoms. The number of hydrogen-bond donors (Lipinski definition) is 2. The van der Waals surface area contributed by atoms with E-state index in [9.17, 15) is 9.90 Å². The highest BCUT2D eigenvalue weighted by Gasteiger charge is 2.29. The molecule has 1 heterocycles. The summed E-state index contributed by atoms with van der Waals surface area (Å²) in [5, 5.41) is 9.83. The van der Waals surface area contributed by atoms with Gasteiger partial charge in [0.15, 0.2) is 0 Å². The van der Waals surface area contributed by atoms with E-state index in [1.54, 1.807) is 11.0 Å². The Bertz CT molecular complexity index is 410. The number of nitrogens with zero attached hydrogens (tertiary/aromatic N) is 1. The number of phenolic OH excluding ortho intramolecular Hbond substituents is 1. The van der Waals surface area contributed by atoms with Crippen LogP contribution in [0.1, 0.15) is 6.42 Å². The summed E-state index contributed by atoms with van der Waals surface area (Å²) in [6.45, 7) is 0.533. The lowest BCUT2D eigenvalue weighted by Crippen LogP contribution is -2.24. The van der Waals surface area contributed by atoms with Crippen molar-refractivity contribution in [2.45, 2.75) is 11.7 Å². The lowest BCUT2D eigenvalue weighted by molar-refractivity contribution is -0.117. The molecule has 1 unspecified atom stereocenters. The van der Waals surface area contributed by atoms with Crippen molar-refractivity contribution in [3.05, 3.63) is 23.2 Å². The van der Waals surface area contributed by atoms with Gasteiger partial charge in [-0.3, -0.25) is 4.79 Å². The number of benzene rings is 1. The summed E-state index contributed by atoms with van der Waals surface area (Å²) in [7, 11) is 0. The number of thiol groups is 1. The van der Waals surface area contributed by atoms with Crippen LogP contribution in [0.4, 0.5) is 5.69 Å². The van der Waals surface area contributed by atoms with Gasteiger partial charge in [0.2, 0.25) is 5.91 Å². The Morgan fingerprint density at radius 1 is 1.53 bits per heavy atom. The number of aromatic hydroxyl groups is 1. The van der Waals surface area contributed by atoms with Crippen LogP contribution in [0.25, 0.3) is 0 Å². The molecular weight excluding hydrogens is 234 g/mol. The van der Waals surface area contributed by atoms with Crippen molar-refractivity contribution in [3.63, 3.8) is 0 Å². The van der Waals surface area contributed by atoms with Gasteiger partial charge in [0.1, 0.15) is 5.75 Å². The van der Waals surface area contributed by atoms with Crippen molar-refractivity contribution in [2.75, 3.05) is 11.4 Å². The monoisotopic (exact) mass is 243 g/mol. The van der Waals surface area contributed by atoms with Gasteiger partial charge >= 0.3 is 0 Å². The summed E-state index contributed by atoms with van der Waals surface area (Å²) in [4.78, 5) is 13.1. The Morgan fingerprint density at radius 3 is 2.87 bits per heavy atom. The average molecular weight is 244 g/mol. The minimum atomic E-state index is -0.0116. The van der Waals surface area contributed by atoms with Crippen molar-refractivity contribution in [3.8, 4) is 5.75 Å². The molecule has 0 aliphatic carbocycles. The average Bonchev–Trinajstić information content (AvgIpc) is 2.50. The zero-order valence-electron chi connectivity index (χ0n) is 7.85. The second-order valence-electron chi connectivity index (χ2n) is 3.50. The summed E-state index contributed by atoms with van der Waals surface area (Å²) in [5.41, 5.74) is 0.554. The number of amides is 1. The predicted molar refractivity (Wildman–Crippen MR) is 62.9 cm³/mol. The van der Waals surface area contributed by atoms with Crippen LogP contribution in [0.5, 0.6) is 5.75 Å². The van der Waals surface area contributed by atoms with E-state index < -0.39 is 0 Å². The quantitative estimate of drug-likeness (QED) is 0.742. The van der Waals surface area contributed by atoms with E-state index in [2.05, 4.69) is 12.6 Å². The molecule has 3 nitrogen and oxygen atoms in total. The van der Waals surface area contributed by atoms with Gasteiger partial charge < -0.3 is 10.0 Å². The third-order valence-electron chi connectivity index (χ3n) is 2.33. The van der Waals surface area contributed by atoms with E-state index in [0.29, 0.717) is 23.7 Å². The van der Waals surface area contributed by atoms with Crippen molar-refractivity contribution in [1.82, 2.24) is 0 Å². The third-order valence-corrected chi connectivity index (χ3v) is 2.99. The second kappa shape index (κ2) is 3.94. The van der Waals surface area contributed by atoms with Crippen LogP contribution >= 0.6 is 24.2 Å². The maximum atomic E-state index is 11.6. The number of anilines is 1. The number of halogens is 1. The summed E-state index contributed by atoms with van der Waals surface area (Å²) in [5.74, 6) is 0.0901. The van der Waals surface area contributed by atoms with E-state index in [4.69, 9.17) is 11.6 Å². The number of phenols is 1. The third kappa shape index (κ3) is 2.06. The normalized spacial score (nSPS) is 21.1. The van der Waals surface area contributed by atoms with E-state index in [-0.39, 0.29) is 16.9 Å². The number of carbonyl (C=O) groups is 1. The first kappa shape index (κ1) is 10.6. The van der Waals surface area contributed by atoms with Gasteiger partial charge in [0, 0.05) is 24.3 Å². The molecule has 1 atom stereocenters. The van der Waals surface area contributed by atoms with Crippen LogP contribution in [0, 0.1) is 0 Å². The van der Waals surface area contributed by atoms with E-state index in [1.807, 2.05) is 0 Å². The van der Waals surface area contributed by atoms with Crippen molar-refractivity contribution in [2.24, 2.45) is 0 Å². The van der Waals surface area contributed by atoms with Crippen LogP contribution in [0.3, 0.4) is 0 Å². The van der Waals surface area contributed by atoms with Gasteiger partial charge in [-0.1, -0.05) is 11.6 Å². The zero-order valence-corrected chi connectivity index (χ0v) is 9.50. The van der Waals surface area contributed by atoms with Gasteiger partial charge in [0.05, 0.1) is 10.7 Å². The molecule has 0 saturated carbocycles. The molecule has 0 radical (unpaired) electrons. The molecule has 5 heteroatoms. The van der Waals surface area contributed by atoms with Crippen molar-refractivity contribution >= 4 is 35.8 Å². The Morgan fingerprint density at radius 2 is 2.27 bits per heavy atom. The molecule has 1 fully saturated rings. The van der Waals surface area contributed by atoms with Gasteiger partial charge in [-0.15, -0.1) is 0 Å².